The number of hydrogen-bond donors (Lipinski definition) is 0. The number of rotatable bonds is 1. The molecule has 0 aliphatic carbocycles. The summed E-state index contributed by atoms with van der Waals surface area (Å²) in [6, 6.07) is 7.76. The largest absolute Gasteiger partial charge is 0.251 e. The second-order valence-electron chi connectivity index (χ2n) is 2.76. The van der Waals surface area contributed by atoms with Gasteiger partial charge in [-0.2, -0.15) is 0 Å². The first kappa shape index (κ1) is 7.34. The van der Waals surface area contributed by atoms with Crippen LogP contribution >= 0.6 is 0 Å². The van der Waals surface area contributed by atoms with Gasteiger partial charge < -0.3 is 0 Å². The molecule has 58 valence electrons. The van der Waals surface area contributed by atoms with Crippen LogP contribution in [0.3, 0.4) is 0 Å². The number of nitrogens with zero attached hydrogens (tertiary/aromatic N) is 3. The van der Waals surface area contributed by atoms with Crippen LogP contribution in [0.2, 0.25) is 0 Å². The third-order valence-corrected chi connectivity index (χ3v) is 1.76. The van der Waals surface area contributed by atoms with E-state index in [4.69, 9.17) is 7.85 Å². The van der Waals surface area contributed by atoms with Crippen LogP contribution in [0.5, 0.6) is 0 Å². The maximum atomic E-state index is 5.68. The molecule has 0 bridgehead atoms. The maximum absolute atomic E-state index is 5.68. The molecule has 1 atom stereocenters. The molecular formula is C8H8BN3. The Morgan fingerprint density at radius 3 is 2.92 bits per heavy atom. The molecule has 2 aromatic rings. The minimum absolute atomic E-state index is 0.127. The Labute approximate surface area is 71.8 Å². The minimum atomic E-state index is -0.127. The van der Waals surface area contributed by atoms with Gasteiger partial charge in [-0.3, -0.25) is 4.68 Å². The van der Waals surface area contributed by atoms with Crippen LogP contribution < -0.4 is 0 Å². The predicted molar refractivity (Wildman–Crippen MR) is 48.0 cm³/mol. The molecule has 3 nitrogen and oxygen atoms in total. The van der Waals surface area contributed by atoms with E-state index >= 15 is 0 Å². The average molecular weight is 157 g/mol. The van der Waals surface area contributed by atoms with Crippen molar-refractivity contribution < 1.29 is 0 Å². The van der Waals surface area contributed by atoms with Gasteiger partial charge in [0.2, 0.25) is 0 Å². The first-order valence-corrected chi connectivity index (χ1v) is 3.84. The fourth-order valence-corrected chi connectivity index (χ4v) is 1.19. The third-order valence-electron chi connectivity index (χ3n) is 1.76. The van der Waals surface area contributed by atoms with Gasteiger partial charge in [-0.1, -0.05) is 24.3 Å². The van der Waals surface area contributed by atoms with Crippen molar-refractivity contribution in [2.75, 3.05) is 0 Å². The fraction of sp³-hybridized carbons (Fsp3) is 0.250. The fourth-order valence-electron chi connectivity index (χ4n) is 1.19. The van der Waals surface area contributed by atoms with Crippen LogP contribution in [-0.4, -0.2) is 22.8 Å². The molecule has 0 N–H and O–H groups in total. The summed E-state index contributed by atoms with van der Waals surface area (Å²) < 4.78 is 1.70. The highest BCUT2D eigenvalue weighted by Gasteiger charge is 2.04. The van der Waals surface area contributed by atoms with Crippen LogP contribution in [0.15, 0.2) is 24.3 Å². The molecule has 0 fully saturated rings. The molecule has 4 heteroatoms. The van der Waals surface area contributed by atoms with E-state index < -0.39 is 0 Å². The van der Waals surface area contributed by atoms with E-state index in [-0.39, 0.29) is 5.94 Å². The van der Waals surface area contributed by atoms with Crippen molar-refractivity contribution in [3.63, 3.8) is 0 Å². The van der Waals surface area contributed by atoms with Gasteiger partial charge in [0.15, 0.2) is 0 Å². The lowest BCUT2D eigenvalue weighted by Gasteiger charge is -2.04. The molecule has 2 rings (SSSR count). The molecule has 12 heavy (non-hydrogen) atoms. The molecule has 0 spiro atoms. The molecule has 0 saturated heterocycles. The van der Waals surface area contributed by atoms with Gasteiger partial charge in [0, 0.05) is 5.94 Å². The van der Waals surface area contributed by atoms with Gasteiger partial charge in [0.1, 0.15) is 13.4 Å². The van der Waals surface area contributed by atoms with Crippen molar-refractivity contribution in [1.29, 1.82) is 0 Å². The van der Waals surface area contributed by atoms with Crippen molar-refractivity contribution in [1.82, 2.24) is 15.0 Å². The van der Waals surface area contributed by atoms with Crippen LogP contribution in [0.4, 0.5) is 0 Å². The molecule has 1 unspecified atom stereocenters. The van der Waals surface area contributed by atoms with Gasteiger partial charge in [-0.15, -0.1) is 5.10 Å². The quantitative estimate of drug-likeness (QED) is 0.580. The van der Waals surface area contributed by atoms with E-state index in [0.717, 1.165) is 11.0 Å². The highest BCUT2D eigenvalue weighted by Crippen LogP contribution is 2.12. The second-order valence-corrected chi connectivity index (χ2v) is 2.76. The van der Waals surface area contributed by atoms with Crippen LogP contribution in [0.1, 0.15) is 12.9 Å². The van der Waals surface area contributed by atoms with E-state index in [1.54, 1.807) is 4.68 Å². The maximum Gasteiger partial charge on any atom is 0.113 e. The molecule has 1 aromatic carbocycles. The van der Waals surface area contributed by atoms with E-state index in [2.05, 4.69) is 10.3 Å². The van der Waals surface area contributed by atoms with E-state index in [0.29, 0.717) is 0 Å². The van der Waals surface area contributed by atoms with Crippen molar-refractivity contribution in [2.45, 2.75) is 12.9 Å². The SMILES string of the molecule is [B]C(C)n1nnc2ccccc21. The first-order valence-electron chi connectivity index (χ1n) is 3.84. The first-order chi connectivity index (χ1) is 5.79. The van der Waals surface area contributed by atoms with Crippen LogP contribution in [0, 0.1) is 0 Å². The molecule has 1 heterocycles. The topological polar surface area (TPSA) is 30.7 Å². The van der Waals surface area contributed by atoms with Crippen LogP contribution in [-0.2, 0) is 0 Å². The van der Waals surface area contributed by atoms with Gasteiger partial charge in [0.05, 0.1) is 5.52 Å². The zero-order valence-corrected chi connectivity index (χ0v) is 6.81. The smallest absolute Gasteiger partial charge is 0.113 e. The lowest BCUT2D eigenvalue weighted by molar-refractivity contribution is 0.622. The predicted octanol–water partition coefficient (Wildman–Crippen LogP) is 1.12. The van der Waals surface area contributed by atoms with Gasteiger partial charge in [0.25, 0.3) is 0 Å². The highest BCUT2D eigenvalue weighted by molar-refractivity contribution is 6.10. The Balaban J connectivity index is 2.70. The van der Waals surface area contributed by atoms with Crippen molar-refractivity contribution in [3.8, 4) is 0 Å². The number of benzene rings is 1. The Bertz CT molecular complexity index is 394. The van der Waals surface area contributed by atoms with Crippen molar-refractivity contribution in [3.05, 3.63) is 24.3 Å². The Hall–Kier alpha value is -1.32. The molecular weight excluding hydrogens is 149 g/mol. The third kappa shape index (κ3) is 0.997. The lowest BCUT2D eigenvalue weighted by atomic mass is 9.99. The monoisotopic (exact) mass is 157 g/mol. The number of para-hydroxylation sites is 1. The number of fused-ring (bicyclic) bond motifs is 1. The summed E-state index contributed by atoms with van der Waals surface area (Å²) in [5, 5.41) is 7.91. The van der Waals surface area contributed by atoms with E-state index in [1.807, 2.05) is 31.2 Å². The van der Waals surface area contributed by atoms with E-state index in [1.165, 1.54) is 0 Å². The summed E-state index contributed by atoms with van der Waals surface area (Å²) in [5.41, 5.74) is 1.86. The van der Waals surface area contributed by atoms with Crippen molar-refractivity contribution >= 4 is 18.9 Å². The normalized spacial score (nSPS) is 13.4. The lowest BCUT2D eigenvalue weighted by Crippen LogP contribution is -2.05. The van der Waals surface area contributed by atoms with Crippen LogP contribution in [0.25, 0.3) is 11.0 Å². The Kier molecular flexibility index (Phi) is 1.61. The standard InChI is InChI=1S/C8H8BN3/c1-6(9)12-8-5-3-2-4-7(8)10-11-12/h2-6H,1H3. The van der Waals surface area contributed by atoms with Gasteiger partial charge in [-0.25, -0.2) is 0 Å². The summed E-state index contributed by atoms with van der Waals surface area (Å²) in [5.74, 6) is -0.127. The minimum Gasteiger partial charge on any atom is -0.251 e. The highest BCUT2D eigenvalue weighted by atomic mass is 15.4. The summed E-state index contributed by atoms with van der Waals surface area (Å²) in [6.07, 6.45) is 0. The average Bonchev–Trinajstić information content (AvgIpc) is 2.47. The Morgan fingerprint density at radius 2 is 2.17 bits per heavy atom. The summed E-state index contributed by atoms with van der Waals surface area (Å²) >= 11 is 0. The molecule has 2 radical (unpaired) electrons. The number of hydrogen-bond acceptors (Lipinski definition) is 2. The van der Waals surface area contributed by atoms with Gasteiger partial charge in [-0.05, 0) is 12.1 Å². The molecule has 0 amide bonds. The number of aromatic nitrogens is 3. The molecule has 0 saturated carbocycles. The summed E-state index contributed by atoms with van der Waals surface area (Å²) in [7, 11) is 5.68. The zero-order valence-electron chi connectivity index (χ0n) is 6.81. The molecule has 1 aromatic heterocycles. The zero-order chi connectivity index (χ0) is 8.55. The van der Waals surface area contributed by atoms with E-state index in [9.17, 15) is 0 Å². The van der Waals surface area contributed by atoms with Gasteiger partial charge >= 0.3 is 0 Å². The summed E-state index contributed by atoms with van der Waals surface area (Å²) in [6.45, 7) is 1.88. The molecule has 0 aliphatic rings. The molecule has 0 aliphatic heterocycles. The summed E-state index contributed by atoms with van der Waals surface area (Å²) in [4.78, 5) is 0. The second kappa shape index (κ2) is 2.62. The van der Waals surface area contributed by atoms with Crippen molar-refractivity contribution in [2.24, 2.45) is 0 Å². The Morgan fingerprint density at radius 1 is 1.42 bits per heavy atom.